The number of nitrogens with two attached hydrogens (primary N) is 1. The van der Waals surface area contributed by atoms with Crippen LogP contribution in [-0.4, -0.2) is 51.4 Å². The summed E-state index contributed by atoms with van der Waals surface area (Å²) >= 11 is 0. The summed E-state index contributed by atoms with van der Waals surface area (Å²) in [7, 11) is -3.87. The monoisotopic (exact) mass is 351 g/mol. The number of sulfone groups is 1. The smallest absolute Gasteiger partial charge is 0.328 e. The molecule has 0 unspecified atom stereocenters. The first-order chi connectivity index (χ1) is 11.1. The van der Waals surface area contributed by atoms with E-state index in [2.05, 4.69) is 4.98 Å². The molecule has 1 amide bonds. The maximum absolute atomic E-state index is 12.7. The number of carbonyl (C=O) groups is 2. The van der Waals surface area contributed by atoms with Gasteiger partial charge >= 0.3 is 5.97 Å². The van der Waals surface area contributed by atoms with Crippen molar-refractivity contribution in [1.82, 2.24) is 9.88 Å². The lowest BCUT2D eigenvalue weighted by Gasteiger charge is -2.37. The molecule has 0 radical (unpaired) electrons. The molecule has 0 aromatic carbocycles. The fraction of sp³-hybridized carbons (Fsp3) is 0.400. The van der Waals surface area contributed by atoms with Gasteiger partial charge in [-0.05, 0) is 37.6 Å². The first kappa shape index (κ1) is 16.6. The largest absolute Gasteiger partial charge is 0.480 e. The molecule has 128 valence electrons. The Bertz CT molecular complexity index is 875. The molecule has 8 nitrogen and oxygen atoms in total. The molecule has 0 bridgehead atoms. The zero-order valence-electron chi connectivity index (χ0n) is 13.1. The summed E-state index contributed by atoms with van der Waals surface area (Å²) in [6, 6.07) is 1.97. The number of hydrogen-bond acceptors (Lipinski definition) is 6. The van der Waals surface area contributed by atoms with Crippen LogP contribution < -0.4 is 5.73 Å². The molecule has 2 aliphatic heterocycles. The SMILES string of the molecule is CC1(C)[C@H](C(=O)O)N2C(=O)C(=Cc3cc(CN)ccn3)[C@H]2S1(=O)=O. The van der Waals surface area contributed by atoms with E-state index in [9.17, 15) is 23.1 Å². The Morgan fingerprint density at radius 2 is 2.17 bits per heavy atom. The van der Waals surface area contributed by atoms with Gasteiger partial charge in [-0.15, -0.1) is 0 Å². The van der Waals surface area contributed by atoms with E-state index in [0.717, 1.165) is 10.5 Å². The number of aliphatic carboxylic acids is 1. The molecule has 0 spiro atoms. The predicted octanol–water partition coefficient (Wildman–Crippen LogP) is -0.248. The van der Waals surface area contributed by atoms with Crippen molar-refractivity contribution in [3.05, 3.63) is 35.2 Å². The Hall–Kier alpha value is -2.26. The van der Waals surface area contributed by atoms with E-state index in [-0.39, 0.29) is 12.1 Å². The fourth-order valence-electron chi connectivity index (χ4n) is 3.20. The molecule has 2 fully saturated rings. The highest BCUT2D eigenvalue weighted by atomic mass is 32.2. The van der Waals surface area contributed by atoms with Gasteiger partial charge in [-0.1, -0.05) is 0 Å². The summed E-state index contributed by atoms with van der Waals surface area (Å²) in [5.41, 5.74) is 6.79. The number of hydrogen-bond donors (Lipinski definition) is 2. The van der Waals surface area contributed by atoms with E-state index in [4.69, 9.17) is 5.73 Å². The van der Waals surface area contributed by atoms with Crippen molar-refractivity contribution < 1.29 is 23.1 Å². The Balaban J connectivity index is 2.08. The third-order valence-corrected chi connectivity index (χ3v) is 7.34. The van der Waals surface area contributed by atoms with E-state index in [1.54, 1.807) is 12.1 Å². The van der Waals surface area contributed by atoms with Crippen LogP contribution >= 0.6 is 0 Å². The zero-order valence-corrected chi connectivity index (χ0v) is 13.9. The van der Waals surface area contributed by atoms with Crippen molar-refractivity contribution in [2.45, 2.75) is 36.6 Å². The normalized spacial score (nSPS) is 28.5. The van der Waals surface area contributed by atoms with Gasteiger partial charge in [-0.3, -0.25) is 9.78 Å². The minimum atomic E-state index is -3.87. The molecule has 2 saturated heterocycles. The van der Waals surface area contributed by atoms with Crippen LogP contribution in [0.4, 0.5) is 0 Å². The topological polar surface area (TPSA) is 131 Å². The van der Waals surface area contributed by atoms with Crippen molar-refractivity contribution in [2.75, 3.05) is 0 Å². The van der Waals surface area contributed by atoms with Crippen LogP contribution in [0.3, 0.4) is 0 Å². The maximum Gasteiger partial charge on any atom is 0.328 e. The number of carboxylic acid groups (broad SMARTS) is 1. The Morgan fingerprint density at radius 3 is 2.75 bits per heavy atom. The van der Waals surface area contributed by atoms with Gasteiger partial charge in [0.15, 0.2) is 21.3 Å². The van der Waals surface area contributed by atoms with Crippen LogP contribution in [0.1, 0.15) is 25.1 Å². The van der Waals surface area contributed by atoms with Crippen molar-refractivity contribution in [3.8, 4) is 0 Å². The number of nitrogens with zero attached hydrogens (tertiary/aromatic N) is 2. The summed E-state index contributed by atoms with van der Waals surface area (Å²) in [6.07, 6.45) is 2.91. The van der Waals surface area contributed by atoms with Crippen LogP contribution in [0.15, 0.2) is 23.9 Å². The summed E-state index contributed by atoms with van der Waals surface area (Å²) < 4.78 is 23.9. The maximum atomic E-state index is 12.7. The third-order valence-electron chi connectivity index (χ3n) is 4.58. The molecule has 1 aromatic rings. The third kappa shape index (κ3) is 2.01. The number of carboxylic acids is 1. The van der Waals surface area contributed by atoms with Gasteiger partial charge in [0.25, 0.3) is 5.91 Å². The van der Waals surface area contributed by atoms with Crippen molar-refractivity contribution >= 4 is 27.8 Å². The predicted molar refractivity (Wildman–Crippen MR) is 85.2 cm³/mol. The molecule has 9 heteroatoms. The quantitative estimate of drug-likeness (QED) is 0.567. The standard InChI is InChI=1S/C15H17N3O5S/c1-15(2)11(14(20)21)18-12(19)10(13(18)24(15,22)23)6-9-5-8(7-16)3-4-17-9/h3-6,11,13H,7,16H2,1-2H3,(H,20,21)/t11-,13+/m0/s1. The molecule has 1 aromatic heterocycles. The van der Waals surface area contributed by atoms with E-state index in [1.165, 1.54) is 26.1 Å². The van der Waals surface area contributed by atoms with E-state index < -0.39 is 37.9 Å². The van der Waals surface area contributed by atoms with E-state index >= 15 is 0 Å². The number of carbonyl (C=O) groups excluding carboxylic acids is 1. The molecule has 0 aliphatic carbocycles. The lowest BCUT2D eigenvalue weighted by atomic mass is 9.95. The van der Waals surface area contributed by atoms with Crippen molar-refractivity contribution in [1.29, 1.82) is 0 Å². The molecular formula is C15H17N3O5S. The van der Waals surface area contributed by atoms with Crippen molar-refractivity contribution in [2.24, 2.45) is 5.73 Å². The highest BCUT2D eigenvalue weighted by Crippen LogP contribution is 2.48. The molecule has 2 atom stereocenters. The molecule has 0 saturated carbocycles. The first-order valence-electron chi connectivity index (χ1n) is 7.28. The van der Waals surface area contributed by atoms with Crippen LogP contribution in [-0.2, 0) is 26.0 Å². The van der Waals surface area contributed by atoms with Gasteiger partial charge in [0.1, 0.15) is 4.75 Å². The Kier molecular flexibility index (Phi) is 3.54. The van der Waals surface area contributed by atoms with Gasteiger partial charge in [0, 0.05) is 12.7 Å². The number of pyridine rings is 1. The molecule has 2 aliphatic rings. The second-order valence-electron chi connectivity index (χ2n) is 6.35. The van der Waals surface area contributed by atoms with Gasteiger partial charge in [0.05, 0.1) is 11.3 Å². The molecular weight excluding hydrogens is 334 g/mol. The average molecular weight is 351 g/mol. The number of fused-ring (bicyclic) bond motifs is 1. The van der Waals surface area contributed by atoms with Gasteiger partial charge < -0.3 is 15.7 Å². The second kappa shape index (κ2) is 5.12. The summed E-state index contributed by atoms with van der Waals surface area (Å²) in [5.74, 6) is -1.93. The lowest BCUT2D eigenvalue weighted by molar-refractivity contribution is -0.152. The summed E-state index contributed by atoms with van der Waals surface area (Å²) in [5, 5.41) is 8.12. The number of aromatic nitrogens is 1. The van der Waals surface area contributed by atoms with Gasteiger partial charge in [-0.25, -0.2) is 13.2 Å². The molecule has 3 N–H and O–H groups in total. The molecule has 3 heterocycles. The molecule has 24 heavy (non-hydrogen) atoms. The summed E-state index contributed by atoms with van der Waals surface area (Å²) in [6.45, 7) is 2.95. The zero-order chi connectivity index (χ0) is 17.9. The highest BCUT2D eigenvalue weighted by Gasteiger charge is 2.70. The summed E-state index contributed by atoms with van der Waals surface area (Å²) in [4.78, 5) is 28.9. The fourth-order valence-corrected chi connectivity index (χ4v) is 5.32. The average Bonchev–Trinajstić information content (AvgIpc) is 2.66. The second-order valence-corrected chi connectivity index (χ2v) is 8.94. The number of β-lactam (4-membered cyclic amide) rings is 1. The van der Waals surface area contributed by atoms with Crippen molar-refractivity contribution in [3.63, 3.8) is 0 Å². The van der Waals surface area contributed by atoms with Crippen LogP contribution in [0, 0.1) is 0 Å². The molecule has 3 rings (SSSR count). The van der Waals surface area contributed by atoms with E-state index in [1.807, 2.05) is 0 Å². The van der Waals surface area contributed by atoms with Gasteiger partial charge in [0.2, 0.25) is 0 Å². The number of rotatable bonds is 3. The first-order valence-corrected chi connectivity index (χ1v) is 8.83. The van der Waals surface area contributed by atoms with Crippen LogP contribution in [0.25, 0.3) is 6.08 Å². The minimum absolute atomic E-state index is 0.0356. The Morgan fingerprint density at radius 1 is 1.50 bits per heavy atom. The van der Waals surface area contributed by atoms with Crippen LogP contribution in [0.2, 0.25) is 0 Å². The lowest BCUT2D eigenvalue weighted by Crippen LogP contribution is -2.58. The minimum Gasteiger partial charge on any atom is -0.480 e. The highest BCUT2D eigenvalue weighted by molar-refractivity contribution is 7.94. The Labute approximate surface area is 138 Å². The van der Waals surface area contributed by atoms with E-state index in [0.29, 0.717) is 5.69 Å². The number of amides is 1. The van der Waals surface area contributed by atoms with Crippen LogP contribution in [0.5, 0.6) is 0 Å². The van der Waals surface area contributed by atoms with Gasteiger partial charge in [-0.2, -0.15) is 0 Å².